The van der Waals surface area contributed by atoms with Crippen molar-refractivity contribution in [1.29, 1.82) is 0 Å². The highest BCUT2D eigenvalue weighted by Crippen LogP contribution is 2.19. The van der Waals surface area contributed by atoms with Gasteiger partial charge in [-0.15, -0.1) is 0 Å². The smallest absolute Gasteiger partial charge is 0.297 e. The van der Waals surface area contributed by atoms with E-state index in [4.69, 9.17) is 4.18 Å². The Hall–Kier alpha value is -0.910. The summed E-state index contributed by atoms with van der Waals surface area (Å²) in [5.74, 6) is 0. The molecule has 0 N–H and O–H groups in total. The van der Waals surface area contributed by atoms with Crippen LogP contribution in [0.4, 0.5) is 0 Å². The zero-order valence-electron chi connectivity index (χ0n) is 10.8. The predicted octanol–water partition coefficient (Wildman–Crippen LogP) is 1.79. The van der Waals surface area contributed by atoms with Crippen molar-refractivity contribution >= 4 is 10.1 Å². The maximum Gasteiger partial charge on any atom is 0.297 e. The number of nitrogens with zero attached hydrogens (tertiary/aromatic N) is 1. The largest absolute Gasteiger partial charge is 0.304 e. The molecule has 0 unspecified atom stereocenters. The maximum atomic E-state index is 12.1. The number of likely N-dealkylation sites (N-methyl/N-ethyl adjacent to an activating group) is 1. The van der Waals surface area contributed by atoms with Gasteiger partial charge < -0.3 is 4.90 Å². The SMILES string of the molecule is Cc1ccc(S(=O)(=O)O[C@H]2CCCN(C)C2)cc1. The minimum absolute atomic E-state index is 0.227. The maximum absolute atomic E-state index is 12.1. The van der Waals surface area contributed by atoms with Gasteiger partial charge in [-0.1, -0.05) is 17.7 Å². The molecule has 0 aliphatic carbocycles. The van der Waals surface area contributed by atoms with E-state index >= 15 is 0 Å². The lowest BCUT2D eigenvalue weighted by Crippen LogP contribution is -2.38. The summed E-state index contributed by atoms with van der Waals surface area (Å²) in [6, 6.07) is 6.75. The van der Waals surface area contributed by atoms with Gasteiger partial charge in [-0.25, -0.2) is 0 Å². The highest BCUT2D eigenvalue weighted by molar-refractivity contribution is 7.86. The lowest BCUT2D eigenvalue weighted by Gasteiger charge is -2.28. The molecule has 0 saturated carbocycles. The Labute approximate surface area is 109 Å². The van der Waals surface area contributed by atoms with Gasteiger partial charge in [-0.2, -0.15) is 8.42 Å². The van der Waals surface area contributed by atoms with E-state index < -0.39 is 10.1 Å². The second-order valence-electron chi connectivity index (χ2n) is 4.89. The fourth-order valence-electron chi connectivity index (χ4n) is 2.14. The van der Waals surface area contributed by atoms with Crippen molar-refractivity contribution in [3.63, 3.8) is 0 Å². The molecule has 1 aromatic carbocycles. The molecule has 1 aromatic rings. The normalized spacial score (nSPS) is 22.0. The van der Waals surface area contributed by atoms with E-state index in [1.54, 1.807) is 24.3 Å². The van der Waals surface area contributed by atoms with Gasteiger partial charge in [0.15, 0.2) is 0 Å². The lowest BCUT2D eigenvalue weighted by atomic mass is 10.1. The lowest BCUT2D eigenvalue weighted by molar-refractivity contribution is 0.110. The Kier molecular flexibility index (Phi) is 4.04. The molecule has 1 fully saturated rings. The summed E-state index contributed by atoms with van der Waals surface area (Å²) in [4.78, 5) is 2.33. The van der Waals surface area contributed by atoms with Crippen LogP contribution >= 0.6 is 0 Å². The second-order valence-corrected chi connectivity index (χ2v) is 6.46. The third-order valence-corrected chi connectivity index (χ3v) is 4.53. The molecule has 1 atom stereocenters. The quantitative estimate of drug-likeness (QED) is 0.785. The number of likely N-dealkylation sites (tertiary alicyclic amines) is 1. The van der Waals surface area contributed by atoms with Crippen molar-refractivity contribution < 1.29 is 12.6 Å². The summed E-state index contributed by atoms with van der Waals surface area (Å²) in [7, 11) is -1.65. The average molecular weight is 269 g/mol. The molecule has 0 radical (unpaired) electrons. The van der Waals surface area contributed by atoms with Crippen LogP contribution in [0, 0.1) is 6.92 Å². The summed E-state index contributed by atoms with van der Waals surface area (Å²) in [6.45, 7) is 3.60. The van der Waals surface area contributed by atoms with Crippen LogP contribution < -0.4 is 0 Å². The van der Waals surface area contributed by atoms with Crippen molar-refractivity contribution in [3.05, 3.63) is 29.8 Å². The van der Waals surface area contributed by atoms with E-state index in [9.17, 15) is 8.42 Å². The number of aryl methyl sites for hydroxylation is 1. The first-order valence-corrected chi connectivity index (χ1v) is 7.57. The molecule has 2 rings (SSSR count). The Balaban J connectivity index is 2.09. The van der Waals surface area contributed by atoms with Gasteiger partial charge in [0.2, 0.25) is 0 Å². The van der Waals surface area contributed by atoms with Crippen molar-refractivity contribution in [2.45, 2.75) is 30.8 Å². The van der Waals surface area contributed by atoms with Gasteiger partial charge in [-0.05, 0) is 45.5 Å². The van der Waals surface area contributed by atoms with Crippen LogP contribution in [0.2, 0.25) is 0 Å². The minimum atomic E-state index is -3.63. The monoisotopic (exact) mass is 269 g/mol. The van der Waals surface area contributed by atoms with Gasteiger partial charge in [-0.3, -0.25) is 4.18 Å². The van der Waals surface area contributed by atoms with Crippen molar-refractivity contribution in [1.82, 2.24) is 4.90 Å². The minimum Gasteiger partial charge on any atom is -0.304 e. The van der Waals surface area contributed by atoms with Crippen LogP contribution in [0.25, 0.3) is 0 Å². The Morgan fingerprint density at radius 1 is 1.28 bits per heavy atom. The molecule has 18 heavy (non-hydrogen) atoms. The highest BCUT2D eigenvalue weighted by Gasteiger charge is 2.25. The first-order chi connectivity index (χ1) is 8.47. The Morgan fingerprint density at radius 3 is 2.56 bits per heavy atom. The zero-order chi connectivity index (χ0) is 13.2. The number of rotatable bonds is 3. The number of hydrogen-bond acceptors (Lipinski definition) is 4. The molecule has 4 nitrogen and oxygen atoms in total. The van der Waals surface area contributed by atoms with Crippen molar-refractivity contribution in [2.75, 3.05) is 20.1 Å². The van der Waals surface area contributed by atoms with Gasteiger partial charge in [0.25, 0.3) is 10.1 Å². The average Bonchev–Trinajstić information content (AvgIpc) is 2.29. The van der Waals surface area contributed by atoms with Crippen LogP contribution in [0.15, 0.2) is 29.2 Å². The van der Waals surface area contributed by atoms with E-state index in [0.29, 0.717) is 6.54 Å². The molecule has 5 heteroatoms. The van der Waals surface area contributed by atoms with Crippen molar-refractivity contribution in [2.24, 2.45) is 0 Å². The molecule has 100 valence electrons. The molecule has 0 bridgehead atoms. The van der Waals surface area contributed by atoms with Crippen LogP contribution in [0.3, 0.4) is 0 Å². The summed E-state index contributed by atoms with van der Waals surface area (Å²) in [6.07, 6.45) is 1.55. The van der Waals surface area contributed by atoms with Gasteiger partial charge >= 0.3 is 0 Å². The zero-order valence-corrected chi connectivity index (χ0v) is 11.6. The van der Waals surface area contributed by atoms with Gasteiger partial charge in [0.1, 0.15) is 0 Å². The highest BCUT2D eigenvalue weighted by atomic mass is 32.2. The van der Waals surface area contributed by atoms with E-state index in [2.05, 4.69) is 4.90 Å². The summed E-state index contributed by atoms with van der Waals surface area (Å²) in [5, 5.41) is 0. The third-order valence-electron chi connectivity index (χ3n) is 3.15. The third kappa shape index (κ3) is 3.31. The van der Waals surface area contributed by atoms with E-state index in [0.717, 1.165) is 24.9 Å². The number of piperidine rings is 1. The van der Waals surface area contributed by atoms with Gasteiger partial charge in [0, 0.05) is 6.54 Å². The standard InChI is InChI=1S/C13H19NO3S/c1-11-5-7-13(8-6-11)18(15,16)17-12-4-3-9-14(2)10-12/h5-8,12H,3-4,9-10H2,1-2H3/t12-/m0/s1. The molecule has 1 heterocycles. The van der Waals surface area contributed by atoms with Crippen molar-refractivity contribution in [3.8, 4) is 0 Å². The summed E-state index contributed by atoms with van der Waals surface area (Å²) >= 11 is 0. The predicted molar refractivity (Wildman–Crippen MR) is 70.0 cm³/mol. The Morgan fingerprint density at radius 2 is 1.94 bits per heavy atom. The topological polar surface area (TPSA) is 46.6 Å². The molecular formula is C13H19NO3S. The van der Waals surface area contributed by atoms with Crippen LogP contribution in [0.1, 0.15) is 18.4 Å². The molecular weight excluding hydrogens is 250 g/mol. The molecule has 0 spiro atoms. The number of benzene rings is 1. The van der Waals surface area contributed by atoms with E-state index in [-0.39, 0.29) is 11.0 Å². The van der Waals surface area contributed by atoms with Crippen LogP contribution in [0.5, 0.6) is 0 Å². The molecule has 0 amide bonds. The summed E-state index contributed by atoms with van der Waals surface area (Å²) in [5.41, 5.74) is 1.03. The fraction of sp³-hybridized carbons (Fsp3) is 0.538. The second kappa shape index (κ2) is 5.38. The molecule has 1 saturated heterocycles. The molecule has 0 aromatic heterocycles. The fourth-order valence-corrected chi connectivity index (χ4v) is 3.23. The molecule has 1 aliphatic heterocycles. The molecule has 1 aliphatic rings. The van der Waals surface area contributed by atoms with E-state index in [1.807, 2.05) is 14.0 Å². The number of hydrogen-bond donors (Lipinski definition) is 0. The van der Waals surface area contributed by atoms with Crippen LogP contribution in [-0.2, 0) is 14.3 Å². The first kappa shape index (κ1) is 13.5. The first-order valence-electron chi connectivity index (χ1n) is 6.16. The summed E-state index contributed by atoms with van der Waals surface area (Å²) < 4.78 is 29.5. The Bertz CT molecular complexity index is 495. The van der Waals surface area contributed by atoms with E-state index in [1.165, 1.54) is 0 Å². The van der Waals surface area contributed by atoms with Gasteiger partial charge in [0.05, 0.1) is 11.0 Å². The van der Waals surface area contributed by atoms with Crippen LogP contribution in [-0.4, -0.2) is 39.6 Å².